The fourth-order valence-electron chi connectivity index (χ4n) is 1.28. The Hall–Kier alpha value is -0.330. The summed E-state index contributed by atoms with van der Waals surface area (Å²) in [4.78, 5) is 10.8. The Morgan fingerprint density at radius 3 is 2.19 bits per heavy atom. The SMILES string of the molecule is CC(=O)O[C@H](CCl)CN(C(C)C)S(C)(=O)=O. The number of hydrogen-bond acceptors (Lipinski definition) is 4. The number of halogens is 1. The van der Waals surface area contributed by atoms with E-state index in [1.165, 1.54) is 11.2 Å². The van der Waals surface area contributed by atoms with Crippen molar-refractivity contribution in [3.8, 4) is 0 Å². The Balaban J connectivity index is 4.67. The van der Waals surface area contributed by atoms with Crippen molar-refractivity contribution in [1.82, 2.24) is 4.31 Å². The predicted octanol–water partition coefficient (Wildman–Crippen LogP) is 0.827. The second kappa shape index (κ2) is 6.42. The van der Waals surface area contributed by atoms with Crippen molar-refractivity contribution < 1.29 is 17.9 Å². The van der Waals surface area contributed by atoms with E-state index in [1.54, 1.807) is 13.8 Å². The minimum Gasteiger partial charge on any atom is -0.460 e. The minimum atomic E-state index is -3.32. The summed E-state index contributed by atoms with van der Waals surface area (Å²) in [5.41, 5.74) is 0. The molecular formula is C9H18ClNO4S. The maximum atomic E-state index is 11.5. The van der Waals surface area contributed by atoms with Crippen LogP contribution in [0.25, 0.3) is 0 Å². The Morgan fingerprint density at radius 1 is 1.44 bits per heavy atom. The van der Waals surface area contributed by atoms with Gasteiger partial charge in [0.05, 0.1) is 18.7 Å². The first-order valence-electron chi connectivity index (χ1n) is 4.88. The van der Waals surface area contributed by atoms with Gasteiger partial charge in [-0.25, -0.2) is 8.42 Å². The molecule has 0 aliphatic carbocycles. The normalized spacial score (nSPS) is 14.2. The van der Waals surface area contributed by atoms with E-state index in [9.17, 15) is 13.2 Å². The molecule has 0 aromatic carbocycles. The Bertz CT molecular complexity index is 328. The van der Waals surface area contributed by atoms with Gasteiger partial charge in [0.2, 0.25) is 10.0 Å². The molecular weight excluding hydrogens is 254 g/mol. The predicted molar refractivity (Wildman–Crippen MR) is 63.0 cm³/mol. The summed E-state index contributed by atoms with van der Waals surface area (Å²) in [6.45, 7) is 4.85. The molecule has 96 valence electrons. The summed E-state index contributed by atoms with van der Waals surface area (Å²) in [5, 5.41) is 0. The number of nitrogens with zero attached hydrogens (tertiary/aromatic N) is 1. The third-order valence-electron chi connectivity index (χ3n) is 1.89. The summed E-state index contributed by atoms with van der Waals surface area (Å²) in [5.74, 6) is -0.402. The molecule has 0 amide bonds. The van der Waals surface area contributed by atoms with Crippen LogP contribution in [-0.2, 0) is 19.6 Å². The lowest BCUT2D eigenvalue weighted by atomic mass is 10.3. The van der Waals surface area contributed by atoms with Crippen LogP contribution in [-0.4, -0.2) is 49.5 Å². The maximum Gasteiger partial charge on any atom is 0.302 e. The lowest BCUT2D eigenvalue weighted by molar-refractivity contribution is -0.145. The zero-order valence-corrected chi connectivity index (χ0v) is 11.5. The molecule has 0 aromatic heterocycles. The van der Waals surface area contributed by atoms with Crippen molar-refractivity contribution >= 4 is 27.6 Å². The van der Waals surface area contributed by atoms with E-state index in [0.29, 0.717) is 0 Å². The van der Waals surface area contributed by atoms with Gasteiger partial charge in [0.15, 0.2) is 0 Å². The van der Waals surface area contributed by atoms with E-state index in [0.717, 1.165) is 6.26 Å². The van der Waals surface area contributed by atoms with Gasteiger partial charge >= 0.3 is 5.97 Å². The molecule has 0 unspecified atom stereocenters. The third-order valence-corrected chi connectivity index (χ3v) is 3.66. The van der Waals surface area contributed by atoms with Crippen molar-refractivity contribution in [2.45, 2.75) is 32.9 Å². The van der Waals surface area contributed by atoms with Gasteiger partial charge in [0.25, 0.3) is 0 Å². The average molecular weight is 272 g/mol. The number of sulfonamides is 1. The molecule has 0 heterocycles. The average Bonchev–Trinajstić information content (AvgIpc) is 2.08. The summed E-state index contributed by atoms with van der Waals surface area (Å²) >= 11 is 5.61. The smallest absolute Gasteiger partial charge is 0.302 e. The van der Waals surface area contributed by atoms with Crippen LogP contribution in [0.2, 0.25) is 0 Å². The van der Waals surface area contributed by atoms with Crippen LogP contribution in [0, 0.1) is 0 Å². The molecule has 0 rings (SSSR count). The minimum absolute atomic E-state index is 0.0678. The highest BCUT2D eigenvalue weighted by Gasteiger charge is 2.25. The van der Waals surface area contributed by atoms with Crippen LogP contribution in [0.4, 0.5) is 0 Å². The summed E-state index contributed by atoms with van der Waals surface area (Å²) in [6, 6.07) is -0.198. The molecule has 0 radical (unpaired) electrons. The number of rotatable bonds is 6. The van der Waals surface area contributed by atoms with E-state index in [2.05, 4.69) is 0 Å². The Morgan fingerprint density at radius 2 is 1.94 bits per heavy atom. The van der Waals surface area contributed by atoms with Crippen LogP contribution < -0.4 is 0 Å². The van der Waals surface area contributed by atoms with Gasteiger partial charge in [-0.15, -0.1) is 11.6 Å². The first kappa shape index (κ1) is 15.7. The number of ether oxygens (including phenoxy) is 1. The van der Waals surface area contributed by atoms with Crippen LogP contribution in [0.3, 0.4) is 0 Å². The van der Waals surface area contributed by atoms with Crippen molar-refractivity contribution in [3.05, 3.63) is 0 Å². The number of carbonyl (C=O) groups excluding carboxylic acids is 1. The van der Waals surface area contributed by atoms with Gasteiger partial charge in [0, 0.05) is 13.0 Å². The number of alkyl halides is 1. The van der Waals surface area contributed by atoms with E-state index in [1.807, 2.05) is 0 Å². The molecule has 0 N–H and O–H groups in total. The van der Waals surface area contributed by atoms with Crippen molar-refractivity contribution in [2.24, 2.45) is 0 Å². The molecule has 7 heteroatoms. The lowest BCUT2D eigenvalue weighted by Crippen LogP contribution is -2.43. The zero-order chi connectivity index (χ0) is 12.9. The van der Waals surface area contributed by atoms with Crippen LogP contribution >= 0.6 is 11.6 Å². The maximum absolute atomic E-state index is 11.5. The summed E-state index contributed by atoms with van der Waals surface area (Å²) in [7, 11) is -3.32. The Labute approximate surface area is 102 Å². The molecule has 0 saturated heterocycles. The lowest BCUT2D eigenvalue weighted by Gasteiger charge is -2.27. The van der Waals surface area contributed by atoms with Crippen LogP contribution in [0.15, 0.2) is 0 Å². The van der Waals surface area contributed by atoms with Gasteiger partial charge in [-0.05, 0) is 13.8 Å². The van der Waals surface area contributed by atoms with E-state index >= 15 is 0 Å². The molecule has 0 aromatic rings. The molecule has 0 bridgehead atoms. The highest BCUT2D eigenvalue weighted by molar-refractivity contribution is 7.88. The second-order valence-corrected chi connectivity index (χ2v) is 6.06. The van der Waals surface area contributed by atoms with Crippen molar-refractivity contribution in [1.29, 1.82) is 0 Å². The first-order chi connectivity index (χ1) is 7.18. The molecule has 0 spiro atoms. The van der Waals surface area contributed by atoms with Crippen molar-refractivity contribution in [3.63, 3.8) is 0 Å². The fourth-order valence-corrected chi connectivity index (χ4v) is 2.65. The monoisotopic (exact) mass is 271 g/mol. The molecule has 1 atom stereocenters. The van der Waals surface area contributed by atoms with Gasteiger partial charge < -0.3 is 4.74 Å². The molecule has 0 aliphatic heterocycles. The standard InChI is InChI=1S/C9H18ClNO4S/c1-7(2)11(16(4,13)14)6-9(5-10)15-8(3)12/h7,9H,5-6H2,1-4H3/t9-/m1/s1. The van der Waals surface area contributed by atoms with Gasteiger partial charge in [0.1, 0.15) is 6.10 Å². The molecule has 5 nitrogen and oxygen atoms in total. The third kappa shape index (κ3) is 5.67. The molecule has 0 fully saturated rings. The van der Waals surface area contributed by atoms with Crippen LogP contribution in [0.1, 0.15) is 20.8 Å². The van der Waals surface area contributed by atoms with Gasteiger partial charge in [-0.1, -0.05) is 0 Å². The molecule has 16 heavy (non-hydrogen) atoms. The van der Waals surface area contributed by atoms with E-state index < -0.39 is 22.1 Å². The number of esters is 1. The van der Waals surface area contributed by atoms with Gasteiger partial charge in [-0.2, -0.15) is 4.31 Å². The second-order valence-electron chi connectivity index (χ2n) is 3.81. The molecule has 0 aliphatic rings. The van der Waals surface area contributed by atoms with Crippen LogP contribution in [0.5, 0.6) is 0 Å². The Kier molecular flexibility index (Phi) is 6.28. The summed E-state index contributed by atoms with van der Waals surface area (Å²) in [6.07, 6.45) is 0.503. The van der Waals surface area contributed by atoms with Gasteiger partial charge in [-0.3, -0.25) is 4.79 Å². The summed E-state index contributed by atoms with van der Waals surface area (Å²) < 4.78 is 29.1. The highest BCUT2D eigenvalue weighted by atomic mass is 35.5. The quantitative estimate of drug-likeness (QED) is 0.530. The van der Waals surface area contributed by atoms with Crippen molar-refractivity contribution in [2.75, 3.05) is 18.7 Å². The fraction of sp³-hybridized carbons (Fsp3) is 0.889. The topological polar surface area (TPSA) is 63.7 Å². The van der Waals surface area contributed by atoms with E-state index in [-0.39, 0.29) is 18.5 Å². The number of carbonyl (C=O) groups is 1. The van der Waals surface area contributed by atoms with E-state index in [4.69, 9.17) is 16.3 Å². The first-order valence-corrected chi connectivity index (χ1v) is 7.26. The highest BCUT2D eigenvalue weighted by Crippen LogP contribution is 2.09. The molecule has 0 saturated carbocycles. The largest absolute Gasteiger partial charge is 0.460 e. The zero-order valence-electron chi connectivity index (χ0n) is 9.94. The number of hydrogen-bond donors (Lipinski definition) is 0.